The first-order valence-electron chi connectivity index (χ1n) is 7.81. The molecule has 24 heavy (non-hydrogen) atoms. The van der Waals surface area contributed by atoms with E-state index in [1.165, 1.54) is 16.2 Å². The van der Waals surface area contributed by atoms with Crippen LogP contribution < -0.4 is 16.2 Å². The minimum atomic E-state index is -0.299. The van der Waals surface area contributed by atoms with Gasteiger partial charge in [-0.1, -0.05) is 29.8 Å². The van der Waals surface area contributed by atoms with Crippen LogP contribution in [0.3, 0.4) is 0 Å². The van der Waals surface area contributed by atoms with Crippen LogP contribution in [-0.4, -0.2) is 36.1 Å². The molecule has 128 valence electrons. The van der Waals surface area contributed by atoms with Crippen molar-refractivity contribution in [2.24, 2.45) is 7.05 Å². The number of hydrogen-bond donors (Lipinski definition) is 2. The van der Waals surface area contributed by atoms with Crippen LogP contribution in [0.15, 0.2) is 47.4 Å². The largest absolute Gasteiger partial charge is 0.336 e. The SMILES string of the molecule is Cc1ccc([C@H](CNC(=O)Nc2ccc(=O)n(C)c2)N(C)C)cc1. The molecule has 0 saturated heterocycles. The highest BCUT2D eigenvalue weighted by Gasteiger charge is 2.15. The maximum absolute atomic E-state index is 12.1. The lowest BCUT2D eigenvalue weighted by Crippen LogP contribution is -2.37. The number of urea groups is 1. The third-order valence-corrected chi connectivity index (χ3v) is 3.89. The molecule has 2 N–H and O–H groups in total. The average Bonchev–Trinajstić information content (AvgIpc) is 2.52. The molecule has 0 unspecified atom stereocenters. The molecule has 0 saturated carbocycles. The number of hydrogen-bond acceptors (Lipinski definition) is 3. The van der Waals surface area contributed by atoms with Crippen LogP contribution in [0.1, 0.15) is 17.2 Å². The normalized spacial score (nSPS) is 12.0. The first kappa shape index (κ1) is 17.7. The standard InChI is InChI=1S/C18H24N4O2/c1-13-5-7-14(8-6-13)16(21(2)3)11-19-18(24)20-15-9-10-17(23)22(4)12-15/h5-10,12,16H,11H2,1-4H3,(H2,19,20,24)/t16-/m0/s1. The van der Waals surface area contributed by atoms with Gasteiger partial charge in [0.15, 0.2) is 0 Å². The third-order valence-electron chi connectivity index (χ3n) is 3.89. The summed E-state index contributed by atoms with van der Waals surface area (Å²) in [6, 6.07) is 11.1. The van der Waals surface area contributed by atoms with Gasteiger partial charge in [-0.25, -0.2) is 4.79 Å². The maximum atomic E-state index is 12.1. The van der Waals surface area contributed by atoms with E-state index in [0.717, 1.165) is 5.56 Å². The molecule has 2 aromatic rings. The second-order valence-corrected chi connectivity index (χ2v) is 6.09. The fourth-order valence-corrected chi connectivity index (χ4v) is 2.42. The Morgan fingerprint density at radius 2 is 1.83 bits per heavy atom. The molecule has 1 aromatic heterocycles. The summed E-state index contributed by atoms with van der Waals surface area (Å²) < 4.78 is 1.42. The van der Waals surface area contributed by atoms with Crippen molar-refractivity contribution in [3.63, 3.8) is 0 Å². The molecule has 0 aliphatic carbocycles. The average molecular weight is 328 g/mol. The second kappa shape index (κ2) is 7.79. The lowest BCUT2D eigenvalue weighted by Gasteiger charge is -2.25. The highest BCUT2D eigenvalue weighted by Crippen LogP contribution is 2.18. The number of aryl methyl sites for hydroxylation is 2. The number of nitrogens with zero attached hydrogens (tertiary/aromatic N) is 2. The van der Waals surface area contributed by atoms with E-state index in [-0.39, 0.29) is 17.6 Å². The van der Waals surface area contributed by atoms with Crippen LogP contribution in [-0.2, 0) is 7.05 Å². The molecular formula is C18H24N4O2. The zero-order valence-corrected chi connectivity index (χ0v) is 14.5. The van der Waals surface area contributed by atoms with Crippen LogP contribution >= 0.6 is 0 Å². The van der Waals surface area contributed by atoms with Crippen LogP contribution in [0, 0.1) is 6.92 Å². The fraction of sp³-hybridized carbons (Fsp3) is 0.333. The van der Waals surface area contributed by atoms with E-state index < -0.39 is 0 Å². The first-order valence-corrected chi connectivity index (χ1v) is 7.81. The molecule has 0 aliphatic rings. The minimum Gasteiger partial charge on any atom is -0.336 e. The van der Waals surface area contributed by atoms with Gasteiger partial charge in [0, 0.05) is 25.9 Å². The van der Waals surface area contributed by atoms with Crippen molar-refractivity contribution in [1.29, 1.82) is 0 Å². The molecule has 0 aliphatic heterocycles. The molecule has 1 atom stereocenters. The van der Waals surface area contributed by atoms with Crippen LogP contribution in [0.4, 0.5) is 10.5 Å². The molecule has 2 amide bonds. The summed E-state index contributed by atoms with van der Waals surface area (Å²) in [5.41, 5.74) is 2.81. The van der Waals surface area contributed by atoms with Crippen LogP contribution in [0.25, 0.3) is 0 Å². The number of carbonyl (C=O) groups excluding carboxylic acids is 1. The Morgan fingerprint density at radius 3 is 2.42 bits per heavy atom. The number of amides is 2. The summed E-state index contributed by atoms with van der Waals surface area (Å²) in [6.45, 7) is 2.53. The van der Waals surface area contributed by atoms with Crippen molar-refractivity contribution < 1.29 is 4.79 Å². The van der Waals surface area contributed by atoms with E-state index in [1.807, 2.05) is 21.0 Å². The number of pyridine rings is 1. The van der Waals surface area contributed by atoms with E-state index >= 15 is 0 Å². The molecule has 1 heterocycles. The summed E-state index contributed by atoms with van der Waals surface area (Å²) >= 11 is 0. The van der Waals surface area contributed by atoms with Gasteiger partial charge in [0.25, 0.3) is 0 Å². The van der Waals surface area contributed by atoms with Crippen molar-refractivity contribution in [2.45, 2.75) is 13.0 Å². The Bertz CT molecular complexity index is 750. The molecule has 0 fully saturated rings. The van der Waals surface area contributed by atoms with Crippen molar-refractivity contribution in [3.8, 4) is 0 Å². The molecule has 6 nitrogen and oxygen atoms in total. The molecule has 0 radical (unpaired) electrons. The number of anilines is 1. The second-order valence-electron chi connectivity index (χ2n) is 6.09. The number of nitrogens with one attached hydrogen (secondary N) is 2. The Morgan fingerprint density at radius 1 is 1.17 bits per heavy atom. The molecular weight excluding hydrogens is 304 g/mol. The predicted octanol–water partition coefficient (Wildman–Crippen LogP) is 2.12. The summed E-state index contributed by atoms with van der Waals surface area (Å²) in [5.74, 6) is 0. The number of aromatic nitrogens is 1. The molecule has 0 spiro atoms. The number of likely N-dealkylation sites (N-methyl/N-ethyl adjacent to an activating group) is 1. The van der Waals surface area contributed by atoms with Gasteiger partial charge in [0.05, 0.1) is 11.7 Å². The van der Waals surface area contributed by atoms with E-state index in [0.29, 0.717) is 12.2 Å². The van der Waals surface area contributed by atoms with Crippen LogP contribution in [0.2, 0.25) is 0 Å². The van der Waals surface area contributed by atoms with Gasteiger partial charge in [-0.05, 0) is 32.6 Å². The zero-order valence-electron chi connectivity index (χ0n) is 14.5. The summed E-state index contributed by atoms with van der Waals surface area (Å²) in [6.07, 6.45) is 1.59. The van der Waals surface area contributed by atoms with Gasteiger partial charge in [0.1, 0.15) is 0 Å². The smallest absolute Gasteiger partial charge is 0.319 e. The molecule has 0 bridgehead atoms. The van der Waals surface area contributed by atoms with E-state index in [4.69, 9.17) is 0 Å². The minimum absolute atomic E-state index is 0.0801. The number of benzene rings is 1. The van der Waals surface area contributed by atoms with E-state index in [1.54, 1.807) is 19.3 Å². The lowest BCUT2D eigenvalue weighted by atomic mass is 10.0. The summed E-state index contributed by atoms with van der Waals surface area (Å²) in [7, 11) is 5.61. The van der Waals surface area contributed by atoms with Crippen molar-refractivity contribution in [2.75, 3.05) is 26.0 Å². The summed E-state index contributed by atoms with van der Waals surface area (Å²) in [4.78, 5) is 25.5. The number of rotatable bonds is 5. The van der Waals surface area contributed by atoms with Gasteiger partial charge in [-0.3, -0.25) is 4.79 Å². The maximum Gasteiger partial charge on any atom is 0.319 e. The molecule has 6 heteroatoms. The topological polar surface area (TPSA) is 66.4 Å². The highest BCUT2D eigenvalue weighted by atomic mass is 16.2. The molecule has 2 rings (SSSR count). The fourth-order valence-electron chi connectivity index (χ4n) is 2.42. The Hall–Kier alpha value is -2.60. The van der Waals surface area contributed by atoms with Crippen molar-refractivity contribution in [3.05, 3.63) is 64.1 Å². The van der Waals surface area contributed by atoms with Gasteiger partial charge in [0.2, 0.25) is 5.56 Å². The Kier molecular flexibility index (Phi) is 5.76. The van der Waals surface area contributed by atoms with Gasteiger partial charge >= 0.3 is 6.03 Å². The highest BCUT2D eigenvalue weighted by molar-refractivity contribution is 5.89. The first-order chi connectivity index (χ1) is 11.4. The van der Waals surface area contributed by atoms with E-state index in [9.17, 15) is 9.59 Å². The van der Waals surface area contributed by atoms with Gasteiger partial charge in [-0.2, -0.15) is 0 Å². The van der Waals surface area contributed by atoms with E-state index in [2.05, 4.69) is 39.8 Å². The Balaban J connectivity index is 1.98. The third kappa shape index (κ3) is 4.70. The molecule has 1 aromatic carbocycles. The quantitative estimate of drug-likeness (QED) is 0.883. The van der Waals surface area contributed by atoms with Crippen molar-refractivity contribution in [1.82, 2.24) is 14.8 Å². The predicted molar refractivity (Wildman–Crippen MR) is 96.3 cm³/mol. The van der Waals surface area contributed by atoms with Crippen LogP contribution in [0.5, 0.6) is 0 Å². The summed E-state index contributed by atoms with van der Waals surface area (Å²) in [5, 5.41) is 5.62. The monoisotopic (exact) mass is 328 g/mol. The van der Waals surface area contributed by atoms with Gasteiger partial charge in [-0.15, -0.1) is 0 Å². The number of carbonyl (C=O) groups is 1. The van der Waals surface area contributed by atoms with Gasteiger partial charge < -0.3 is 20.1 Å². The lowest BCUT2D eigenvalue weighted by molar-refractivity contribution is 0.243. The zero-order chi connectivity index (χ0) is 17.7. The van der Waals surface area contributed by atoms with Crippen molar-refractivity contribution >= 4 is 11.7 Å². The Labute approximate surface area is 142 Å².